The minimum atomic E-state index is -0.712. The molecule has 9 heteroatoms. The fourth-order valence-electron chi connectivity index (χ4n) is 4.18. The molecule has 0 spiro atoms. The predicted octanol–water partition coefficient (Wildman–Crippen LogP) is 2.54. The summed E-state index contributed by atoms with van der Waals surface area (Å²) >= 11 is 1.61. The summed E-state index contributed by atoms with van der Waals surface area (Å²) in [6.07, 6.45) is 0.751. The van der Waals surface area contributed by atoms with Gasteiger partial charge in [-0.25, -0.2) is 0 Å². The highest BCUT2D eigenvalue weighted by Crippen LogP contribution is 2.27. The minimum absolute atomic E-state index is 0.0410. The molecule has 2 amide bonds. The highest BCUT2D eigenvalue weighted by molar-refractivity contribution is 7.17. The number of thiophene rings is 1. The number of nitrogens with one attached hydrogen (secondary N) is 2. The molecule has 0 aliphatic carbocycles. The van der Waals surface area contributed by atoms with E-state index in [0.29, 0.717) is 12.8 Å². The Balaban J connectivity index is 1.79. The van der Waals surface area contributed by atoms with E-state index in [-0.39, 0.29) is 37.4 Å². The molecule has 0 saturated heterocycles. The molecule has 0 aliphatic heterocycles. The van der Waals surface area contributed by atoms with E-state index in [1.807, 2.05) is 73.8 Å². The third-order valence-electron chi connectivity index (χ3n) is 6.20. The van der Waals surface area contributed by atoms with Crippen molar-refractivity contribution in [2.24, 2.45) is 5.73 Å². The van der Waals surface area contributed by atoms with E-state index in [4.69, 9.17) is 10.5 Å². The van der Waals surface area contributed by atoms with Crippen molar-refractivity contribution >= 4 is 39.0 Å². The number of rotatable bonds is 14. The third-order valence-corrected chi connectivity index (χ3v) is 7.21. The van der Waals surface area contributed by atoms with Crippen molar-refractivity contribution in [3.05, 3.63) is 71.1 Å². The summed E-state index contributed by atoms with van der Waals surface area (Å²) in [6, 6.07) is 16.2. The third kappa shape index (κ3) is 8.46. The fraction of sp³-hybridized carbons (Fsp3) is 0.414. The zero-order valence-electron chi connectivity index (χ0n) is 22.5. The molecule has 3 rings (SSSR count). The number of carbonyl (C=O) groups excluding carboxylic acids is 3. The van der Waals surface area contributed by atoms with Gasteiger partial charge in [0.05, 0.1) is 19.2 Å². The van der Waals surface area contributed by atoms with Crippen LogP contribution in [0, 0.1) is 0 Å². The smallest absolute Gasteiger partial charge is 0.242 e. The number of carbonyl (C=O) groups is 3. The Hall–Kier alpha value is -3.11. The second-order valence-corrected chi connectivity index (χ2v) is 11.1. The maximum Gasteiger partial charge on any atom is 0.242 e. The van der Waals surface area contributed by atoms with Gasteiger partial charge in [-0.05, 0) is 48.2 Å². The maximum atomic E-state index is 13.8. The number of likely N-dealkylation sites (N-methyl/N-ethyl adjacent to an activating group) is 2. The van der Waals surface area contributed by atoms with Crippen LogP contribution in [0.1, 0.15) is 25.0 Å². The summed E-state index contributed by atoms with van der Waals surface area (Å²) in [5.41, 5.74) is 7.34. The van der Waals surface area contributed by atoms with Crippen molar-refractivity contribution in [3.8, 4) is 0 Å². The van der Waals surface area contributed by atoms with Gasteiger partial charge in [-0.1, -0.05) is 48.5 Å². The molecule has 0 radical (unpaired) electrons. The van der Waals surface area contributed by atoms with E-state index in [0.717, 1.165) is 21.2 Å². The Bertz CT molecular complexity index is 1220. The average Bonchev–Trinajstić information content (AvgIpc) is 3.31. The van der Waals surface area contributed by atoms with Crippen molar-refractivity contribution in [1.29, 1.82) is 0 Å². The van der Waals surface area contributed by atoms with Crippen molar-refractivity contribution in [2.75, 3.05) is 33.9 Å². The molecule has 38 heavy (non-hydrogen) atoms. The molecular weight excluding hydrogens is 500 g/mol. The molecule has 0 unspecified atom stereocenters. The van der Waals surface area contributed by atoms with E-state index >= 15 is 0 Å². The van der Waals surface area contributed by atoms with Crippen LogP contribution < -0.4 is 16.4 Å². The Morgan fingerprint density at radius 2 is 1.74 bits per heavy atom. The van der Waals surface area contributed by atoms with Crippen LogP contribution in [-0.2, 0) is 32.0 Å². The van der Waals surface area contributed by atoms with Gasteiger partial charge in [0, 0.05) is 30.8 Å². The lowest BCUT2D eigenvalue weighted by molar-refractivity contribution is -0.140. The first-order valence-corrected chi connectivity index (χ1v) is 13.6. The summed E-state index contributed by atoms with van der Waals surface area (Å²) in [6.45, 7) is 3.76. The molecule has 0 saturated carbocycles. The van der Waals surface area contributed by atoms with Gasteiger partial charge >= 0.3 is 0 Å². The number of ketones is 1. The normalized spacial score (nSPS) is 13.2. The monoisotopic (exact) mass is 538 g/mol. The summed E-state index contributed by atoms with van der Waals surface area (Å²) in [5, 5.41) is 8.95. The number of nitrogens with two attached hydrogens (primary N) is 1. The van der Waals surface area contributed by atoms with Gasteiger partial charge in [0.25, 0.3) is 0 Å². The molecule has 1 heterocycles. The van der Waals surface area contributed by atoms with E-state index in [1.165, 1.54) is 4.90 Å². The lowest BCUT2D eigenvalue weighted by atomic mass is 10.0. The first-order chi connectivity index (χ1) is 18.1. The van der Waals surface area contributed by atoms with E-state index < -0.39 is 17.6 Å². The highest BCUT2D eigenvalue weighted by Gasteiger charge is 2.31. The quantitative estimate of drug-likeness (QED) is 0.291. The van der Waals surface area contributed by atoms with Gasteiger partial charge in [-0.15, -0.1) is 11.3 Å². The first kappa shape index (κ1) is 29.4. The van der Waals surface area contributed by atoms with Crippen LogP contribution >= 0.6 is 11.3 Å². The second kappa shape index (κ2) is 13.6. The SMILES string of the molecule is CNC(=O)[C@@H](Cc1ccccc1)N(C)C(=O)[C@@H](Cc1csc2ccccc12)NCC(=O)COCC(C)(C)N. The second-order valence-electron chi connectivity index (χ2n) is 10.2. The number of Topliss-reactive ketones (excluding diaryl/α,β-unsaturated/α-hetero) is 1. The van der Waals surface area contributed by atoms with E-state index in [2.05, 4.69) is 10.6 Å². The Morgan fingerprint density at radius 1 is 1.05 bits per heavy atom. The molecule has 2 atom stereocenters. The summed E-state index contributed by atoms with van der Waals surface area (Å²) in [4.78, 5) is 40.7. The van der Waals surface area contributed by atoms with Crippen molar-refractivity contribution in [1.82, 2.24) is 15.5 Å². The lowest BCUT2D eigenvalue weighted by Crippen LogP contribution is -2.55. The van der Waals surface area contributed by atoms with E-state index in [1.54, 1.807) is 25.4 Å². The van der Waals surface area contributed by atoms with Crippen molar-refractivity contribution < 1.29 is 19.1 Å². The maximum absolute atomic E-state index is 13.8. The standard InChI is InChI=1S/C29H38N4O4S/c1-29(2,30)19-37-17-22(34)16-32-24(15-21-18-38-26-13-9-8-12-23(21)26)28(36)33(4)25(27(35)31-3)14-20-10-6-5-7-11-20/h5-13,18,24-25,32H,14-17,19,30H2,1-4H3,(H,31,35)/t24-,25-/m1/s1. The number of benzene rings is 2. The number of hydrogen-bond donors (Lipinski definition) is 3. The molecule has 8 nitrogen and oxygen atoms in total. The number of fused-ring (bicyclic) bond motifs is 1. The predicted molar refractivity (Wildman–Crippen MR) is 152 cm³/mol. The highest BCUT2D eigenvalue weighted by atomic mass is 32.1. The zero-order valence-corrected chi connectivity index (χ0v) is 23.3. The first-order valence-electron chi connectivity index (χ1n) is 12.7. The number of ether oxygens (including phenoxy) is 1. The fourth-order valence-corrected chi connectivity index (χ4v) is 5.16. The van der Waals surface area contributed by atoms with E-state index in [9.17, 15) is 14.4 Å². The molecule has 3 aromatic rings. The molecular formula is C29H38N4O4S. The van der Waals surface area contributed by atoms with Crippen molar-refractivity contribution in [3.63, 3.8) is 0 Å². The van der Waals surface area contributed by atoms with Gasteiger partial charge in [-0.3, -0.25) is 19.7 Å². The van der Waals surface area contributed by atoms with Gasteiger partial charge in [0.15, 0.2) is 5.78 Å². The molecule has 204 valence electrons. The zero-order chi connectivity index (χ0) is 27.7. The molecule has 0 fully saturated rings. The summed E-state index contributed by atoms with van der Waals surface area (Å²) in [5.74, 6) is -0.697. The van der Waals surface area contributed by atoms with Gasteiger partial charge in [0.2, 0.25) is 11.8 Å². The van der Waals surface area contributed by atoms with Crippen LogP contribution in [-0.4, -0.2) is 74.0 Å². The lowest BCUT2D eigenvalue weighted by Gasteiger charge is -2.31. The van der Waals surface area contributed by atoms with Gasteiger partial charge < -0.3 is 20.7 Å². The number of hydrogen-bond acceptors (Lipinski definition) is 7. The van der Waals surface area contributed by atoms with Crippen LogP contribution in [0.3, 0.4) is 0 Å². The molecule has 4 N–H and O–H groups in total. The molecule has 2 aromatic carbocycles. The summed E-state index contributed by atoms with van der Waals surface area (Å²) in [7, 11) is 3.20. The number of amides is 2. The van der Waals surface area contributed by atoms with Gasteiger partial charge in [-0.2, -0.15) is 0 Å². The molecule has 0 aliphatic rings. The largest absolute Gasteiger partial charge is 0.372 e. The van der Waals surface area contributed by atoms with Crippen LogP contribution in [0.25, 0.3) is 10.1 Å². The Kier molecular flexibility index (Phi) is 10.6. The van der Waals surface area contributed by atoms with Crippen LogP contribution in [0.5, 0.6) is 0 Å². The van der Waals surface area contributed by atoms with Crippen LogP contribution in [0.2, 0.25) is 0 Å². The molecule has 1 aromatic heterocycles. The van der Waals surface area contributed by atoms with Crippen LogP contribution in [0.15, 0.2) is 60.0 Å². The van der Waals surface area contributed by atoms with Crippen molar-refractivity contribution in [2.45, 2.75) is 44.3 Å². The Morgan fingerprint density at radius 3 is 2.42 bits per heavy atom. The minimum Gasteiger partial charge on any atom is -0.372 e. The average molecular weight is 539 g/mol. The van der Waals surface area contributed by atoms with Crippen LogP contribution in [0.4, 0.5) is 0 Å². The molecule has 0 bridgehead atoms. The Labute approximate surface area is 228 Å². The number of nitrogens with zero attached hydrogens (tertiary/aromatic N) is 1. The van der Waals surface area contributed by atoms with Gasteiger partial charge in [0.1, 0.15) is 12.6 Å². The summed E-state index contributed by atoms with van der Waals surface area (Å²) < 4.78 is 6.58. The topological polar surface area (TPSA) is 114 Å².